The van der Waals surface area contributed by atoms with E-state index in [9.17, 15) is 9.18 Å². The van der Waals surface area contributed by atoms with Crippen LogP contribution in [0.5, 0.6) is 0 Å². The molecule has 0 unspecified atom stereocenters. The van der Waals surface area contributed by atoms with Gasteiger partial charge < -0.3 is 14.7 Å². The zero-order valence-corrected chi connectivity index (χ0v) is 14.8. The van der Waals surface area contributed by atoms with Gasteiger partial charge in [-0.2, -0.15) is 0 Å². The fourth-order valence-electron chi connectivity index (χ4n) is 3.69. The molecule has 6 heteroatoms. The van der Waals surface area contributed by atoms with Gasteiger partial charge in [-0.1, -0.05) is 18.2 Å². The Labute approximate surface area is 153 Å². The Bertz CT molecular complexity index is 783. The molecule has 2 aromatic rings. The lowest BCUT2D eigenvalue weighted by molar-refractivity contribution is 0.0741. The van der Waals surface area contributed by atoms with Crippen LogP contribution < -0.4 is 9.80 Å². The molecule has 2 fully saturated rings. The van der Waals surface area contributed by atoms with E-state index in [1.165, 1.54) is 18.9 Å². The SMILES string of the molecule is O=C(c1cccc(N2CCCC2)n1)N1CCN(c2ccccc2F)CC1. The summed E-state index contributed by atoms with van der Waals surface area (Å²) in [7, 11) is 0. The summed E-state index contributed by atoms with van der Waals surface area (Å²) >= 11 is 0. The number of carbonyl (C=O) groups excluding carboxylic acids is 1. The molecule has 136 valence electrons. The number of rotatable bonds is 3. The average molecular weight is 354 g/mol. The van der Waals surface area contributed by atoms with Crippen molar-refractivity contribution >= 4 is 17.4 Å². The predicted octanol–water partition coefficient (Wildman–Crippen LogP) is 2.78. The Morgan fingerprint density at radius 3 is 2.31 bits per heavy atom. The number of carbonyl (C=O) groups is 1. The minimum atomic E-state index is -0.216. The van der Waals surface area contributed by atoms with Gasteiger partial charge in [-0.25, -0.2) is 9.37 Å². The largest absolute Gasteiger partial charge is 0.366 e. The fourth-order valence-corrected chi connectivity index (χ4v) is 3.69. The summed E-state index contributed by atoms with van der Waals surface area (Å²) in [6.45, 7) is 4.40. The van der Waals surface area contributed by atoms with E-state index >= 15 is 0 Å². The van der Waals surface area contributed by atoms with Crippen LogP contribution in [0.25, 0.3) is 0 Å². The fraction of sp³-hybridized carbons (Fsp3) is 0.400. The number of halogens is 1. The summed E-state index contributed by atoms with van der Waals surface area (Å²) in [6, 6.07) is 12.4. The number of anilines is 2. The molecule has 2 saturated heterocycles. The van der Waals surface area contributed by atoms with Crippen LogP contribution in [-0.2, 0) is 0 Å². The third-order valence-electron chi connectivity index (χ3n) is 5.14. The predicted molar refractivity (Wildman–Crippen MR) is 100 cm³/mol. The highest BCUT2D eigenvalue weighted by Gasteiger charge is 2.25. The molecule has 1 aromatic heterocycles. The van der Waals surface area contributed by atoms with Gasteiger partial charge in [0.25, 0.3) is 5.91 Å². The van der Waals surface area contributed by atoms with Gasteiger partial charge in [0, 0.05) is 39.3 Å². The monoisotopic (exact) mass is 354 g/mol. The Morgan fingerprint density at radius 1 is 0.846 bits per heavy atom. The van der Waals surface area contributed by atoms with Crippen molar-refractivity contribution in [2.24, 2.45) is 0 Å². The number of hydrogen-bond acceptors (Lipinski definition) is 4. The first-order chi connectivity index (χ1) is 12.7. The summed E-state index contributed by atoms with van der Waals surface area (Å²) < 4.78 is 14.0. The standard InChI is InChI=1S/C20H23FN4O/c21-16-6-1-2-8-18(16)23-12-14-25(15-13-23)20(26)17-7-5-9-19(22-17)24-10-3-4-11-24/h1-2,5-9H,3-4,10-15H2. The zero-order chi connectivity index (χ0) is 17.9. The van der Waals surface area contributed by atoms with Crippen LogP contribution in [-0.4, -0.2) is 55.1 Å². The van der Waals surface area contributed by atoms with Gasteiger partial charge in [0.1, 0.15) is 17.3 Å². The van der Waals surface area contributed by atoms with E-state index in [0.717, 1.165) is 18.9 Å². The van der Waals surface area contributed by atoms with Crippen LogP contribution in [0.15, 0.2) is 42.5 Å². The van der Waals surface area contributed by atoms with Crippen LogP contribution in [0.4, 0.5) is 15.9 Å². The van der Waals surface area contributed by atoms with Crippen LogP contribution >= 0.6 is 0 Å². The first-order valence-electron chi connectivity index (χ1n) is 9.23. The van der Waals surface area contributed by atoms with E-state index in [2.05, 4.69) is 9.88 Å². The molecule has 0 saturated carbocycles. The lowest BCUT2D eigenvalue weighted by Crippen LogP contribution is -2.49. The molecule has 0 atom stereocenters. The van der Waals surface area contributed by atoms with E-state index < -0.39 is 0 Å². The highest BCUT2D eigenvalue weighted by molar-refractivity contribution is 5.92. The van der Waals surface area contributed by atoms with Crippen molar-refractivity contribution in [2.45, 2.75) is 12.8 Å². The lowest BCUT2D eigenvalue weighted by Gasteiger charge is -2.36. The molecule has 2 aliphatic rings. The quantitative estimate of drug-likeness (QED) is 0.850. The molecule has 1 amide bonds. The minimum absolute atomic E-state index is 0.0424. The van der Waals surface area contributed by atoms with Crippen molar-refractivity contribution in [1.29, 1.82) is 0 Å². The first-order valence-corrected chi connectivity index (χ1v) is 9.23. The number of piperazine rings is 1. The Hall–Kier alpha value is -2.63. The maximum atomic E-state index is 14.0. The van der Waals surface area contributed by atoms with Gasteiger partial charge in [-0.05, 0) is 37.1 Å². The van der Waals surface area contributed by atoms with Crippen molar-refractivity contribution in [3.05, 3.63) is 54.0 Å². The van der Waals surface area contributed by atoms with Crippen molar-refractivity contribution in [1.82, 2.24) is 9.88 Å². The molecule has 0 spiro atoms. The first kappa shape index (κ1) is 16.8. The molecule has 3 heterocycles. The third-order valence-corrected chi connectivity index (χ3v) is 5.14. The highest BCUT2D eigenvalue weighted by atomic mass is 19.1. The summed E-state index contributed by atoms with van der Waals surface area (Å²) in [6.07, 6.45) is 2.36. The van der Waals surface area contributed by atoms with Crippen molar-refractivity contribution in [3.63, 3.8) is 0 Å². The Morgan fingerprint density at radius 2 is 1.58 bits per heavy atom. The molecule has 26 heavy (non-hydrogen) atoms. The second-order valence-corrected chi connectivity index (χ2v) is 6.81. The summed E-state index contributed by atoms with van der Waals surface area (Å²) in [4.78, 5) is 23.4. The minimum Gasteiger partial charge on any atom is -0.366 e. The van der Waals surface area contributed by atoms with E-state index in [-0.39, 0.29) is 11.7 Å². The molecule has 1 aromatic carbocycles. The third kappa shape index (κ3) is 3.36. The van der Waals surface area contributed by atoms with Gasteiger partial charge >= 0.3 is 0 Å². The van der Waals surface area contributed by atoms with E-state index in [1.54, 1.807) is 18.2 Å². The molecule has 0 aliphatic carbocycles. The van der Waals surface area contributed by atoms with Gasteiger partial charge in [-0.15, -0.1) is 0 Å². The number of benzene rings is 1. The second kappa shape index (κ2) is 7.32. The number of amides is 1. The molecule has 2 aliphatic heterocycles. The van der Waals surface area contributed by atoms with Crippen LogP contribution in [0.1, 0.15) is 23.3 Å². The molecule has 0 N–H and O–H groups in total. The van der Waals surface area contributed by atoms with Crippen LogP contribution in [0, 0.1) is 5.82 Å². The van der Waals surface area contributed by atoms with Crippen molar-refractivity contribution in [2.75, 3.05) is 49.1 Å². The maximum Gasteiger partial charge on any atom is 0.272 e. The van der Waals surface area contributed by atoms with Gasteiger partial charge in [0.2, 0.25) is 0 Å². The topological polar surface area (TPSA) is 39.7 Å². The van der Waals surface area contributed by atoms with Crippen LogP contribution in [0.2, 0.25) is 0 Å². The number of para-hydroxylation sites is 1. The summed E-state index contributed by atoms with van der Waals surface area (Å²) in [5.74, 6) is 0.629. The second-order valence-electron chi connectivity index (χ2n) is 6.81. The lowest BCUT2D eigenvalue weighted by atomic mass is 10.2. The van der Waals surface area contributed by atoms with Gasteiger partial charge in [-0.3, -0.25) is 4.79 Å². The maximum absolute atomic E-state index is 14.0. The Balaban J connectivity index is 1.42. The van der Waals surface area contributed by atoms with Gasteiger partial charge in [0.15, 0.2) is 0 Å². The molecular formula is C20H23FN4O. The zero-order valence-electron chi connectivity index (χ0n) is 14.8. The van der Waals surface area contributed by atoms with E-state index in [1.807, 2.05) is 28.0 Å². The number of nitrogens with zero attached hydrogens (tertiary/aromatic N) is 4. The van der Waals surface area contributed by atoms with Crippen molar-refractivity contribution < 1.29 is 9.18 Å². The summed E-state index contributed by atoms with van der Waals surface area (Å²) in [5.41, 5.74) is 1.10. The molecule has 0 bridgehead atoms. The molecule has 0 radical (unpaired) electrons. The number of aromatic nitrogens is 1. The molecule has 5 nitrogen and oxygen atoms in total. The Kier molecular flexibility index (Phi) is 4.73. The van der Waals surface area contributed by atoms with Crippen molar-refractivity contribution in [3.8, 4) is 0 Å². The van der Waals surface area contributed by atoms with Crippen LogP contribution in [0.3, 0.4) is 0 Å². The molecular weight excluding hydrogens is 331 g/mol. The smallest absolute Gasteiger partial charge is 0.272 e. The van der Waals surface area contributed by atoms with Gasteiger partial charge in [0.05, 0.1) is 5.69 Å². The average Bonchev–Trinajstić information content (AvgIpc) is 3.23. The highest BCUT2D eigenvalue weighted by Crippen LogP contribution is 2.22. The molecule has 4 rings (SSSR count). The number of hydrogen-bond donors (Lipinski definition) is 0. The van der Waals surface area contributed by atoms with E-state index in [0.29, 0.717) is 37.6 Å². The summed E-state index contributed by atoms with van der Waals surface area (Å²) in [5, 5.41) is 0. The number of pyridine rings is 1. The normalized spacial score (nSPS) is 17.7. The van der Waals surface area contributed by atoms with E-state index in [4.69, 9.17) is 0 Å².